The Hall–Kier alpha value is -3.00. The van der Waals surface area contributed by atoms with E-state index in [-0.39, 0.29) is 39.9 Å². The molecule has 1 aliphatic carbocycles. The molecule has 1 N–H and O–H groups in total. The van der Waals surface area contributed by atoms with Gasteiger partial charge in [-0.2, -0.15) is 39.5 Å². The van der Waals surface area contributed by atoms with Crippen molar-refractivity contribution in [2.24, 2.45) is 0 Å². The maximum atomic E-state index is 15.0. The molecule has 0 aromatic heterocycles. The Morgan fingerprint density at radius 2 is 1.54 bits per heavy atom. The Kier molecular flexibility index (Phi) is 9.00. The smallest absolute Gasteiger partial charge is 0.338 e. The van der Waals surface area contributed by atoms with Crippen molar-refractivity contribution in [3.63, 3.8) is 0 Å². The van der Waals surface area contributed by atoms with Crippen LogP contribution in [0.25, 0.3) is 5.83 Å². The van der Waals surface area contributed by atoms with Gasteiger partial charge in [-0.25, -0.2) is 4.39 Å². The van der Waals surface area contributed by atoms with Crippen LogP contribution in [0, 0.1) is 0 Å². The monoisotopic (exact) mass is 638 g/mol. The van der Waals surface area contributed by atoms with E-state index in [1.165, 1.54) is 0 Å². The number of benzene rings is 2. The van der Waals surface area contributed by atoms with Gasteiger partial charge in [-0.3, -0.25) is 9.59 Å². The minimum atomic E-state index is -5.32. The molecule has 1 saturated carbocycles. The highest BCUT2D eigenvalue weighted by atomic mass is 35.5. The molecule has 2 amide bonds. The molecular formula is C25H18Cl2F10N2O2. The van der Waals surface area contributed by atoms with Crippen LogP contribution in [0.1, 0.15) is 45.8 Å². The van der Waals surface area contributed by atoms with Gasteiger partial charge in [-0.05, 0) is 54.8 Å². The normalized spacial score (nSPS) is 16.3. The Balaban J connectivity index is 1.96. The molecule has 224 valence electrons. The highest BCUT2D eigenvalue weighted by Crippen LogP contribution is 2.42. The summed E-state index contributed by atoms with van der Waals surface area (Å²) in [5.41, 5.74) is -6.30. The van der Waals surface area contributed by atoms with Gasteiger partial charge in [0.2, 0.25) is 5.91 Å². The summed E-state index contributed by atoms with van der Waals surface area (Å²) >= 11 is 11.5. The van der Waals surface area contributed by atoms with Crippen molar-refractivity contribution in [3.8, 4) is 0 Å². The topological polar surface area (TPSA) is 49.4 Å². The lowest BCUT2D eigenvalue weighted by Gasteiger charge is -2.25. The molecule has 0 aliphatic heterocycles. The van der Waals surface area contributed by atoms with E-state index in [0.717, 1.165) is 25.2 Å². The first kappa shape index (κ1) is 32.5. The van der Waals surface area contributed by atoms with E-state index in [2.05, 4.69) is 0 Å². The van der Waals surface area contributed by atoms with E-state index >= 15 is 0 Å². The predicted octanol–water partition coefficient (Wildman–Crippen LogP) is 7.95. The SMILES string of the molecule is CN(CC(F)(F)F)C(=O)C1(NC(=O)c2ccc(C(F)=CC(c3cc(Cl)cc(Cl)c3)C(F)(F)F)cc2C(F)(F)F)CC1. The molecule has 2 aromatic rings. The van der Waals surface area contributed by atoms with Gasteiger partial charge in [-0.15, -0.1) is 0 Å². The third-order valence-electron chi connectivity index (χ3n) is 6.03. The molecule has 1 atom stereocenters. The number of carbonyl (C=O) groups is 2. The van der Waals surface area contributed by atoms with E-state index in [1.807, 2.05) is 5.32 Å². The number of carbonyl (C=O) groups excluding carboxylic acids is 2. The van der Waals surface area contributed by atoms with Gasteiger partial charge in [0.25, 0.3) is 5.91 Å². The van der Waals surface area contributed by atoms with Crippen molar-refractivity contribution in [1.82, 2.24) is 10.2 Å². The fourth-order valence-electron chi connectivity index (χ4n) is 4.01. The second-order valence-electron chi connectivity index (χ2n) is 9.31. The summed E-state index contributed by atoms with van der Waals surface area (Å²) in [5, 5.41) is 1.60. The van der Waals surface area contributed by atoms with Crippen molar-refractivity contribution in [1.29, 1.82) is 0 Å². The average molecular weight is 639 g/mol. The maximum Gasteiger partial charge on any atom is 0.417 e. The number of hydrogen-bond donors (Lipinski definition) is 1. The number of amides is 2. The van der Waals surface area contributed by atoms with Gasteiger partial charge in [0.1, 0.15) is 23.8 Å². The van der Waals surface area contributed by atoms with Crippen molar-refractivity contribution in [2.45, 2.75) is 42.8 Å². The van der Waals surface area contributed by atoms with Crippen LogP contribution in [-0.4, -0.2) is 48.2 Å². The highest BCUT2D eigenvalue weighted by Gasteiger charge is 2.54. The van der Waals surface area contributed by atoms with E-state index in [0.29, 0.717) is 12.1 Å². The molecule has 1 fully saturated rings. The zero-order valence-electron chi connectivity index (χ0n) is 20.5. The molecule has 3 rings (SSSR count). The Morgan fingerprint density at radius 3 is 2.00 bits per heavy atom. The standard InChI is InChI=1S/C25H18Cl2F10N2O2/c1-39(11-23(29,30)31)21(41)22(4-5-22)38-20(40)16-3-2-12(8-18(16)25(35,36)37)19(28)10-17(24(32,33)34)13-6-14(26)9-15(27)7-13/h2-3,6-10,17H,4-5,11H2,1H3,(H,38,40). The molecule has 0 heterocycles. The van der Waals surface area contributed by atoms with Gasteiger partial charge < -0.3 is 10.2 Å². The van der Waals surface area contributed by atoms with Gasteiger partial charge in [0, 0.05) is 22.7 Å². The van der Waals surface area contributed by atoms with Gasteiger partial charge >= 0.3 is 18.5 Å². The van der Waals surface area contributed by atoms with Crippen LogP contribution >= 0.6 is 23.2 Å². The molecule has 1 unspecified atom stereocenters. The Morgan fingerprint density at radius 1 is 0.976 bits per heavy atom. The number of allylic oxidation sites excluding steroid dienone is 1. The summed E-state index contributed by atoms with van der Waals surface area (Å²) in [6, 6.07) is 4.03. The number of rotatable bonds is 7. The van der Waals surface area contributed by atoms with E-state index in [4.69, 9.17) is 23.2 Å². The summed E-state index contributed by atoms with van der Waals surface area (Å²) in [6.07, 6.45) is -15.5. The van der Waals surface area contributed by atoms with Crippen LogP contribution in [0.3, 0.4) is 0 Å². The van der Waals surface area contributed by atoms with E-state index in [9.17, 15) is 53.5 Å². The fourth-order valence-corrected chi connectivity index (χ4v) is 4.55. The zero-order valence-corrected chi connectivity index (χ0v) is 22.1. The third kappa shape index (κ3) is 8.06. The Labute approximate surface area is 235 Å². The number of hydrogen-bond acceptors (Lipinski definition) is 2. The quantitative estimate of drug-likeness (QED) is 0.313. The molecule has 0 spiro atoms. The lowest BCUT2D eigenvalue weighted by Crippen LogP contribution is -2.51. The molecule has 0 saturated heterocycles. The van der Waals surface area contributed by atoms with Crippen LogP contribution in [0.5, 0.6) is 0 Å². The van der Waals surface area contributed by atoms with Crippen molar-refractivity contribution < 1.29 is 53.5 Å². The summed E-state index contributed by atoms with van der Waals surface area (Å²) in [5.74, 6) is -7.06. The van der Waals surface area contributed by atoms with Gasteiger partial charge in [-0.1, -0.05) is 29.3 Å². The first-order chi connectivity index (χ1) is 18.6. The van der Waals surface area contributed by atoms with Crippen molar-refractivity contribution >= 4 is 40.8 Å². The second-order valence-corrected chi connectivity index (χ2v) is 10.2. The van der Waals surface area contributed by atoms with Gasteiger partial charge in [0.05, 0.1) is 11.1 Å². The maximum absolute atomic E-state index is 15.0. The third-order valence-corrected chi connectivity index (χ3v) is 6.47. The van der Waals surface area contributed by atoms with Crippen LogP contribution in [0.2, 0.25) is 10.0 Å². The predicted molar refractivity (Wildman–Crippen MR) is 129 cm³/mol. The molecular weight excluding hydrogens is 621 g/mol. The van der Waals surface area contributed by atoms with Crippen molar-refractivity contribution in [3.05, 3.63) is 74.8 Å². The average Bonchev–Trinajstić information content (AvgIpc) is 3.58. The first-order valence-corrected chi connectivity index (χ1v) is 12.1. The van der Waals surface area contributed by atoms with Crippen LogP contribution < -0.4 is 5.32 Å². The van der Waals surface area contributed by atoms with E-state index < -0.39 is 76.4 Å². The zero-order chi connectivity index (χ0) is 31.1. The van der Waals surface area contributed by atoms with Crippen molar-refractivity contribution in [2.75, 3.05) is 13.6 Å². The molecule has 0 radical (unpaired) electrons. The summed E-state index contributed by atoms with van der Waals surface area (Å²) in [7, 11) is 0.804. The molecule has 4 nitrogen and oxygen atoms in total. The first-order valence-electron chi connectivity index (χ1n) is 11.4. The minimum Gasteiger partial charge on any atom is -0.338 e. The minimum absolute atomic E-state index is 0.0194. The summed E-state index contributed by atoms with van der Waals surface area (Å²) in [6.45, 7) is -1.67. The lowest BCUT2D eigenvalue weighted by atomic mass is 9.95. The lowest BCUT2D eigenvalue weighted by molar-refractivity contribution is -0.160. The van der Waals surface area contributed by atoms with Crippen LogP contribution in [0.15, 0.2) is 42.5 Å². The largest absolute Gasteiger partial charge is 0.417 e. The molecule has 16 heteroatoms. The number of likely N-dealkylation sites (N-methyl/N-ethyl adjacent to an activating group) is 1. The fraction of sp³-hybridized carbons (Fsp3) is 0.360. The highest BCUT2D eigenvalue weighted by molar-refractivity contribution is 6.34. The van der Waals surface area contributed by atoms with Gasteiger partial charge in [0.15, 0.2) is 0 Å². The van der Waals surface area contributed by atoms with Crippen LogP contribution in [0.4, 0.5) is 43.9 Å². The van der Waals surface area contributed by atoms with Crippen LogP contribution in [-0.2, 0) is 11.0 Å². The number of nitrogens with zero attached hydrogens (tertiary/aromatic N) is 1. The summed E-state index contributed by atoms with van der Waals surface area (Å²) < 4.78 is 136. The number of halogens is 12. The van der Waals surface area contributed by atoms with E-state index in [1.54, 1.807) is 0 Å². The molecule has 2 aromatic carbocycles. The number of nitrogens with one attached hydrogen (secondary N) is 1. The molecule has 1 aliphatic rings. The number of alkyl halides is 9. The molecule has 0 bridgehead atoms. The Bertz CT molecular complexity index is 1350. The summed E-state index contributed by atoms with van der Waals surface area (Å²) in [4.78, 5) is 25.5. The second kappa shape index (κ2) is 11.3. The molecule has 41 heavy (non-hydrogen) atoms.